The monoisotopic (exact) mass is 298 g/mol. The molecule has 0 amide bonds. The second kappa shape index (κ2) is 6.30. The zero-order valence-electron chi connectivity index (χ0n) is 11.7. The summed E-state index contributed by atoms with van der Waals surface area (Å²) < 4.78 is 41.0. The van der Waals surface area contributed by atoms with Crippen LogP contribution in [-0.2, 0) is 19.3 Å². The molecule has 0 saturated carbocycles. The molecular formula is C15H17F3N2O. The lowest BCUT2D eigenvalue weighted by molar-refractivity contribution is -0.144. The molecule has 21 heavy (non-hydrogen) atoms. The molecule has 1 heterocycles. The summed E-state index contributed by atoms with van der Waals surface area (Å²) >= 11 is 0. The maximum Gasteiger partial charge on any atom is 0.433 e. The molecule has 114 valence electrons. The molecule has 0 aliphatic heterocycles. The Bertz CT molecular complexity index is 591. The van der Waals surface area contributed by atoms with Crippen molar-refractivity contribution < 1.29 is 18.3 Å². The van der Waals surface area contributed by atoms with Crippen LogP contribution < -0.4 is 0 Å². The van der Waals surface area contributed by atoms with Crippen LogP contribution in [0.5, 0.6) is 0 Å². The predicted molar refractivity (Wildman–Crippen MR) is 73.5 cm³/mol. The van der Waals surface area contributed by atoms with Crippen molar-refractivity contribution in [1.29, 1.82) is 0 Å². The molecule has 3 nitrogen and oxygen atoms in total. The van der Waals surface area contributed by atoms with Crippen molar-refractivity contribution >= 4 is 0 Å². The first-order valence-electron chi connectivity index (χ1n) is 6.82. The standard InChI is InChI=1S/C15H17F3N2O/c1-2-3-9-20-13(15(16,17)18)12(10-21)19-14(20)11-7-5-4-6-8-11/h4-8,21H,2-3,9-10H2,1H3. The van der Waals surface area contributed by atoms with Gasteiger partial charge in [0.15, 0.2) is 0 Å². The number of rotatable bonds is 5. The van der Waals surface area contributed by atoms with Gasteiger partial charge in [0.1, 0.15) is 11.5 Å². The number of imidazole rings is 1. The van der Waals surface area contributed by atoms with Gasteiger partial charge in [-0.1, -0.05) is 43.7 Å². The molecule has 0 aliphatic carbocycles. The van der Waals surface area contributed by atoms with Gasteiger partial charge >= 0.3 is 6.18 Å². The average Bonchev–Trinajstić information content (AvgIpc) is 2.84. The number of hydrogen-bond acceptors (Lipinski definition) is 2. The van der Waals surface area contributed by atoms with E-state index in [1.165, 1.54) is 4.57 Å². The van der Waals surface area contributed by atoms with Crippen LogP contribution in [0.3, 0.4) is 0 Å². The summed E-state index contributed by atoms with van der Waals surface area (Å²) in [5.41, 5.74) is -0.562. The van der Waals surface area contributed by atoms with Crippen molar-refractivity contribution in [1.82, 2.24) is 9.55 Å². The molecule has 6 heteroatoms. The number of alkyl halides is 3. The Morgan fingerprint density at radius 2 is 1.86 bits per heavy atom. The lowest BCUT2D eigenvalue weighted by atomic mass is 10.2. The lowest BCUT2D eigenvalue weighted by Gasteiger charge is -2.14. The summed E-state index contributed by atoms with van der Waals surface area (Å²) in [6, 6.07) is 8.72. The van der Waals surface area contributed by atoms with E-state index >= 15 is 0 Å². The highest BCUT2D eigenvalue weighted by Crippen LogP contribution is 2.35. The van der Waals surface area contributed by atoms with Gasteiger partial charge in [0.05, 0.1) is 12.3 Å². The third kappa shape index (κ3) is 3.26. The smallest absolute Gasteiger partial charge is 0.390 e. The number of halogens is 3. The van der Waals surface area contributed by atoms with Gasteiger partial charge in [-0.15, -0.1) is 0 Å². The fraction of sp³-hybridized carbons (Fsp3) is 0.400. The molecule has 0 radical (unpaired) electrons. The molecule has 0 saturated heterocycles. The number of nitrogens with zero attached hydrogens (tertiary/aromatic N) is 2. The third-order valence-electron chi connectivity index (χ3n) is 3.23. The molecule has 2 aromatic rings. The highest BCUT2D eigenvalue weighted by molar-refractivity contribution is 5.57. The van der Waals surface area contributed by atoms with E-state index in [4.69, 9.17) is 0 Å². The van der Waals surface area contributed by atoms with Gasteiger partial charge in [0, 0.05) is 12.1 Å². The fourth-order valence-corrected chi connectivity index (χ4v) is 2.27. The Morgan fingerprint density at radius 3 is 2.38 bits per heavy atom. The zero-order chi connectivity index (χ0) is 15.5. The predicted octanol–water partition coefficient (Wildman–Crippen LogP) is 3.86. The number of benzene rings is 1. The van der Waals surface area contributed by atoms with Crippen molar-refractivity contribution in [2.24, 2.45) is 0 Å². The van der Waals surface area contributed by atoms with E-state index < -0.39 is 18.5 Å². The highest BCUT2D eigenvalue weighted by Gasteiger charge is 2.39. The summed E-state index contributed by atoms with van der Waals surface area (Å²) in [5.74, 6) is 0.250. The molecule has 1 aromatic carbocycles. The van der Waals surface area contributed by atoms with Crippen molar-refractivity contribution in [3.63, 3.8) is 0 Å². The van der Waals surface area contributed by atoms with Crippen LogP contribution in [0.15, 0.2) is 30.3 Å². The van der Waals surface area contributed by atoms with Crippen molar-refractivity contribution in [3.05, 3.63) is 41.7 Å². The summed E-state index contributed by atoms with van der Waals surface area (Å²) in [4.78, 5) is 4.01. The molecule has 0 unspecified atom stereocenters. The molecular weight excluding hydrogens is 281 g/mol. The lowest BCUT2D eigenvalue weighted by Crippen LogP contribution is -2.16. The second-order valence-corrected chi connectivity index (χ2v) is 4.76. The van der Waals surface area contributed by atoms with Gasteiger partial charge in [-0.2, -0.15) is 13.2 Å². The first-order chi connectivity index (χ1) is 9.99. The maximum absolute atomic E-state index is 13.3. The number of hydrogen-bond donors (Lipinski definition) is 1. The number of aliphatic hydroxyl groups is 1. The Balaban J connectivity index is 2.62. The third-order valence-corrected chi connectivity index (χ3v) is 3.23. The molecule has 0 bridgehead atoms. The van der Waals surface area contributed by atoms with E-state index in [0.29, 0.717) is 12.0 Å². The summed E-state index contributed by atoms with van der Waals surface area (Å²) in [5, 5.41) is 9.22. The maximum atomic E-state index is 13.3. The van der Waals surface area contributed by atoms with E-state index in [0.717, 1.165) is 6.42 Å². The minimum absolute atomic E-state index is 0.225. The number of aliphatic hydroxyl groups excluding tert-OH is 1. The minimum atomic E-state index is -4.54. The van der Waals surface area contributed by atoms with Crippen LogP contribution >= 0.6 is 0 Å². The molecule has 0 atom stereocenters. The van der Waals surface area contributed by atoms with Crippen LogP contribution in [-0.4, -0.2) is 14.7 Å². The van der Waals surface area contributed by atoms with E-state index in [-0.39, 0.29) is 18.1 Å². The summed E-state index contributed by atoms with van der Waals surface area (Å²) in [7, 11) is 0. The van der Waals surface area contributed by atoms with Crippen LogP contribution in [0.4, 0.5) is 13.2 Å². The molecule has 2 rings (SSSR count). The van der Waals surface area contributed by atoms with Gasteiger partial charge in [0.25, 0.3) is 0 Å². The summed E-state index contributed by atoms with van der Waals surface area (Å²) in [6.07, 6.45) is -3.14. The van der Waals surface area contributed by atoms with Gasteiger partial charge in [-0.05, 0) is 6.42 Å². The molecule has 1 N–H and O–H groups in total. The zero-order valence-corrected chi connectivity index (χ0v) is 11.7. The Labute approximate surface area is 121 Å². The van der Waals surface area contributed by atoms with Gasteiger partial charge in [0.2, 0.25) is 0 Å². The van der Waals surface area contributed by atoms with Crippen LogP contribution in [0, 0.1) is 0 Å². The van der Waals surface area contributed by atoms with Crippen LogP contribution in [0.1, 0.15) is 31.2 Å². The minimum Gasteiger partial charge on any atom is -0.390 e. The van der Waals surface area contributed by atoms with E-state index in [1.54, 1.807) is 30.3 Å². The second-order valence-electron chi connectivity index (χ2n) is 4.76. The van der Waals surface area contributed by atoms with Gasteiger partial charge in [-0.3, -0.25) is 0 Å². The Morgan fingerprint density at radius 1 is 1.19 bits per heavy atom. The first kappa shape index (κ1) is 15.6. The van der Waals surface area contributed by atoms with Crippen molar-refractivity contribution in [2.75, 3.05) is 0 Å². The van der Waals surface area contributed by atoms with Crippen molar-refractivity contribution in [3.8, 4) is 11.4 Å². The topological polar surface area (TPSA) is 38.0 Å². The number of unbranched alkanes of at least 4 members (excludes halogenated alkanes) is 1. The fourth-order valence-electron chi connectivity index (χ4n) is 2.27. The van der Waals surface area contributed by atoms with E-state index in [9.17, 15) is 18.3 Å². The molecule has 0 fully saturated rings. The average molecular weight is 298 g/mol. The Kier molecular flexibility index (Phi) is 4.67. The molecule has 1 aromatic heterocycles. The SMILES string of the molecule is CCCCn1c(-c2ccccc2)nc(CO)c1C(F)(F)F. The van der Waals surface area contributed by atoms with E-state index in [2.05, 4.69) is 4.98 Å². The van der Waals surface area contributed by atoms with E-state index in [1.807, 2.05) is 6.92 Å². The normalized spacial score (nSPS) is 11.9. The number of aromatic nitrogens is 2. The highest BCUT2D eigenvalue weighted by atomic mass is 19.4. The van der Waals surface area contributed by atoms with Gasteiger partial charge < -0.3 is 9.67 Å². The summed E-state index contributed by atoms with van der Waals surface area (Å²) in [6.45, 7) is 1.41. The quantitative estimate of drug-likeness (QED) is 0.910. The van der Waals surface area contributed by atoms with Gasteiger partial charge in [-0.25, -0.2) is 4.98 Å². The molecule has 0 aliphatic rings. The first-order valence-corrected chi connectivity index (χ1v) is 6.82. The molecule has 0 spiro atoms. The largest absolute Gasteiger partial charge is 0.433 e. The van der Waals surface area contributed by atoms with Crippen LogP contribution in [0.2, 0.25) is 0 Å². The Hall–Kier alpha value is -1.82. The van der Waals surface area contributed by atoms with Crippen LogP contribution in [0.25, 0.3) is 11.4 Å². The van der Waals surface area contributed by atoms with Crippen molar-refractivity contribution in [2.45, 2.75) is 39.1 Å².